The number of carbonyl (C=O) groups is 1. The van der Waals surface area contributed by atoms with Crippen LogP contribution in [0.5, 0.6) is 0 Å². The molecule has 3 N–H and O–H groups in total. The highest BCUT2D eigenvalue weighted by Crippen LogP contribution is 2.34. The van der Waals surface area contributed by atoms with Crippen LogP contribution in [0, 0.1) is 5.92 Å². The molecular weight excluding hydrogens is 189 g/mol. The van der Waals surface area contributed by atoms with Crippen molar-refractivity contribution in [2.75, 3.05) is 0 Å². The first-order chi connectivity index (χ1) is 7.11. The van der Waals surface area contributed by atoms with Crippen LogP contribution in [0.2, 0.25) is 6.32 Å². The zero-order chi connectivity index (χ0) is 11.3. The molecule has 4 heteroatoms. The highest BCUT2D eigenvalue weighted by atomic mass is 16.4. The van der Waals surface area contributed by atoms with Crippen LogP contribution in [-0.2, 0) is 4.79 Å². The topological polar surface area (TPSA) is 63.3 Å². The molecule has 0 bridgehead atoms. The molecule has 0 aromatic rings. The largest absolute Gasteiger partial charge is 0.480 e. The minimum absolute atomic E-state index is 0.178. The monoisotopic (exact) mass is 211 g/mol. The summed E-state index contributed by atoms with van der Waals surface area (Å²) >= 11 is 0. The number of carboxylic acid groups (broad SMARTS) is 1. The smallest absolute Gasteiger partial charge is 0.323 e. The van der Waals surface area contributed by atoms with Crippen LogP contribution in [0.15, 0.2) is 0 Å². The summed E-state index contributed by atoms with van der Waals surface area (Å²) in [6, 6.07) is 0. The molecular formula is C11H22BNO2. The highest BCUT2D eigenvalue weighted by molar-refractivity contribution is 6.08. The minimum atomic E-state index is -0.953. The van der Waals surface area contributed by atoms with Gasteiger partial charge < -0.3 is 10.8 Å². The molecule has 1 rings (SSSR count). The van der Waals surface area contributed by atoms with E-state index in [1.54, 1.807) is 0 Å². The van der Waals surface area contributed by atoms with E-state index >= 15 is 0 Å². The Balaban J connectivity index is 2.71. The summed E-state index contributed by atoms with van der Waals surface area (Å²) in [7, 11) is 2.13. The van der Waals surface area contributed by atoms with Crippen molar-refractivity contribution in [3.8, 4) is 0 Å². The molecule has 2 atom stereocenters. The maximum absolute atomic E-state index is 11.3. The molecule has 0 spiro atoms. The number of carboxylic acids is 1. The third-order valence-corrected chi connectivity index (χ3v) is 3.68. The van der Waals surface area contributed by atoms with Gasteiger partial charge in [-0.1, -0.05) is 32.0 Å². The minimum Gasteiger partial charge on any atom is -0.480 e. The molecule has 86 valence electrons. The quantitative estimate of drug-likeness (QED) is 0.542. The molecule has 15 heavy (non-hydrogen) atoms. The van der Waals surface area contributed by atoms with Gasteiger partial charge in [0, 0.05) is 0 Å². The van der Waals surface area contributed by atoms with Gasteiger partial charge in [0.2, 0.25) is 0 Å². The van der Waals surface area contributed by atoms with Crippen LogP contribution in [-0.4, -0.2) is 24.5 Å². The SMILES string of the molecule is BCCC[C@H]1CCCCC[C@@]1(N)C(=O)O. The zero-order valence-electron chi connectivity index (χ0n) is 9.67. The zero-order valence-corrected chi connectivity index (χ0v) is 9.67. The maximum Gasteiger partial charge on any atom is 0.323 e. The molecule has 0 unspecified atom stereocenters. The average molecular weight is 211 g/mol. The summed E-state index contributed by atoms with van der Waals surface area (Å²) in [6.07, 6.45) is 8.06. The van der Waals surface area contributed by atoms with Crippen LogP contribution >= 0.6 is 0 Å². The first-order valence-corrected chi connectivity index (χ1v) is 6.13. The molecule has 0 aromatic carbocycles. The van der Waals surface area contributed by atoms with Gasteiger partial charge in [0.05, 0.1) is 0 Å². The molecule has 1 aliphatic carbocycles. The number of aliphatic carboxylic acids is 1. The number of hydrogen-bond acceptors (Lipinski definition) is 2. The summed E-state index contributed by atoms with van der Waals surface area (Å²) in [4.78, 5) is 11.3. The molecule has 1 saturated carbocycles. The molecule has 0 aliphatic heterocycles. The van der Waals surface area contributed by atoms with Crippen molar-refractivity contribution in [3.05, 3.63) is 0 Å². The molecule has 1 aliphatic rings. The van der Waals surface area contributed by atoms with Crippen molar-refractivity contribution in [1.82, 2.24) is 0 Å². The molecule has 0 aromatic heterocycles. The molecule has 3 nitrogen and oxygen atoms in total. The standard InChI is InChI=1S/C11H22BNO2/c12-8-4-6-9-5-2-1-3-7-11(9,13)10(14)15/h9H,1-8,12-13H2,(H,14,15)/t9-,11+/m1/s1. The molecule has 0 radical (unpaired) electrons. The third kappa shape index (κ3) is 2.97. The average Bonchev–Trinajstić information content (AvgIpc) is 2.38. The number of rotatable bonds is 4. The first-order valence-electron chi connectivity index (χ1n) is 6.13. The predicted molar refractivity (Wildman–Crippen MR) is 63.7 cm³/mol. The summed E-state index contributed by atoms with van der Waals surface area (Å²) < 4.78 is 0. The molecule has 0 amide bonds. The van der Waals surface area contributed by atoms with Crippen molar-refractivity contribution >= 4 is 13.8 Å². The second kappa shape index (κ2) is 5.54. The van der Waals surface area contributed by atoms with Gasteiger partial charge in [-0.05, 0) is 25.2 Å². The van der Waals surface area contributed by atoms with Crippen LogP contribution < -0.4 is 5.73 Å². The Labute approximate surface area is 92.8 Å². The lowest BCUT2D eigenvalue weighted by Crippen LogP contribution is -2.53. The van der Waals surface area contributed by atoms with Crippen molar-refractivity contribution in [2.45, 2.75) is 56.8 Å². The van der Waals surface area contributed by atoms with Crippen molar-refractivity contribution in [2.24, 2.45) is 11.7 Å². The summed E-state index contributed by atoms with van der Waals surface area (Å²) in [5, 5.41) is 9.27. The Morgan fingerprint density at radius 1 is 1.47 bits per heavy atom. The predicted octanol–water partition coefficient (Wildman–Crippen LogP) is 1.18. The van der Waals surface area contributed by atoms with Gasteiger partial charge in [-0.2, -0.15) is 0 Å². The van der Waals surface area contributed by atoms with E-state index in [0.29, 0.717) is 6.42 Å². The van der Waals surface area contributed by atoms with E-state index in [1.165, 1.54) is 0 Å². The first kappa shape index (κ1) is 12.6. The second-order valence-electron chi connectivity index (χ2n) is 4.78. The van der Waals surface area contributed by atoms with Gasteiger partial charge in [-0.3, -0.25) is 4.79 Å². The van der Waals surface area contributed by atoms with E-state index < -0.39 is 11.5 Å². The Morgan fingerprint density at radius 2 is 2.20 bits per heavy atom. The Morgan fingerprint density at radius 3 is 2.80 bits per heavy atom. The Hall–Kier alpha value is -0.505. The van der Waals surface area contributed by atoms with Gasteiger partial charge in [-0.15, -0.1) is 0 Å². The fraction of sp³-hybridized carbons (Fsp3) is 0.909. The van der Waals surface area contributed by atoms with E-state index in [4.69, 9.17) is 5.73 Å². The molecule has 0 saturated heterocycles. The van der Waals surface area contributed by atoms with Gasteiger partial charge in [0.25, 0.3) is 0 Å². The second-order valence-corrected chi connectivity index (χ2v) is 4.78. The normalized spacial score (nSPS) is 32.2. The van der Waals surface area contributed by atoms with Crippen LogP contribution in [0.25, 0.3) is 0 Å². The van der Waals surface area contributed by atoms with Crippen LogP contribution in [0.4, 0.5) is 0 Å². The van der Waals surface area contributed by atoms with E-state index in [0.717, 1.165) is 44.8 Å². The number of nitrogens with two attached hydrogens (primary N) is 1. The Bertz CT molecular complexity index is 223. The van der Waals surface area contributed by atoms with E-state index in [9.17, 15) is 9.90 Å². The highest BCUT2D eigenvalue weighted by Gasteiger charge is 2.41. The molecule has 0 heterocycles. The summed E-state index contributed by atoms with van der Waals surface area (Å²) in [5.41, 5.74) is 5.13. The summed E-state index contributed by atoms with van der Waals surface area (Å²) in [6.45, 7) is 0. The van der Waals surface area contributed by atoms with E-state index in [-0.39, 0.29) is 5.92 Å². The van der Waals surface area contributed by atoms with Gasteiger partial charge in [-0.25, -0.2) is 0 Å². The lowest BCUT2D eigenvalue weighted by atomic mass is 9.77. The van der Waals surface area contributed by atoms with E-state index in [2.05, 4.69) is 7.85 Å². The Kier molecular flexibility index (Phi) is 4.64. The van der Waals surface area contributed by atoms with Gasteiger partial charge in [0.1, 0.15) is 13.4 Å². The number of hydrogen-bond donors (Lipinski definition) is 2. The fourth-order valence-electron chi connectivity index (χ4n) is 2.58. The van der Waals surface area contributed by atoms with Crippen molar-refractivity contribution < 1.29 is 9.90 Å². The fourth-order valence-corrected chi connectivity index (χ4v) is 2.58. The van der Waals surface area contributed by atoms with E-state index in [1.807, 2.05) is 0 Å². The maximum atomic E-state index is 11.3. The van der Waals surface area contributed by atoms with Crippen LogP contribution in [0.3, 0.4) is 0 Å². The lowest BCUT2D eigenvalue weighted by Gasteiger charge is -2.32. The summed E-state index contributed by atoms with van der Waals surface area (Å²) in [5.74, 6) is -0.622. The molecule has 1 fully saturated rings. The van der Waals surface area contributed by atoms with Gasteiger partial charge in [0.15, 0.2) is 0 Å². The van der Waals surface area contributed by atoms with Crippen molar-refractivity contribution in [1.29, 1.82) is 0 Å². The van der Waals surface area contributed by atoms with Gasteiger partial charge >= 0.3 is 5.97 Å². The third-order valence-electron chi connectivity index (χ3n) is 3.68. The lowest BCUT2D eigenvalue weighted by molar-refractivity contribution is -0.146. The van der Waals surface area contributed by atoms with Crippen molar-refractivity contribution in [3.63, 3.8) is 0 Å². The van der Waals surface area contributed by atoms with Crippen LogP contribution in [0.1, 0.15) is 44.9 Å².